The lowest BCUT2D eigenvalue weighted by atomic mass is 10.1. The maximum Gasteiger partial charge on any atom is 0.283 e. The molecule has 0 amide bonds. The highest BCUT2D eigenvalue weighted by Gasteiger charge is 2.18. The van der Waals surface area contributed by atoms with Gasteiger partial charge in [0.05, 0.1) is 5.69 Å². The van der Waals surface area contributed by atoms with Gasteiger partial charge in [-0.15, -0.1) is 0 Å². The number of aryl methyl sites for hydroxylation is 2. The lowest BCUT2D eigenvalue weighted by Crippen LogP contribution is -2.22. The number of hydrogen-bond donors (Lipinski definition) is 1. The van der Waals surface area contributed by atoms with Gasteiger partial charge in [0, 0.05) is 16.7 Å². The molecule has 0 radical (unpaired) electrons. The average molecular weight is 426 g/mol. The van der Waals surface area contributed by atoms with E-state index in [1.54, 1.807) is 16.3 Å². The lowest BCUT2D eigenvalue weighted by molar-refractivity contribution is 0.812. The molecule has 0 unspecified atom stereocenters. The van der Waals surface area contributed by atoms with Crippen LogP contribution in [0.4, 0.5) is 0 Å². The molecule has 2 aromatic heterocycles. The Labute approximate surface area is 185 Å². The second-order valence-corrected chi connectivity index (χ2v) is 8.81. The Morgan fingerprint density at radius 2 is 1.65 bits per heavy atom. The normalized spacial score (nSPS) is 11.5. The maximum absolute atomic E-state index is 13.7. The van der Waals surface area contributed by atoms with E-state index in [0.717, 1.165) is 39.0 Å². The average Bonchev–Trinajstić information content (AvgIpc) is 3.15. The van der Waals surface area contributed by atoms with Crippen LogP contribution in [-0.2, 0) is 5.75 Å². The molecular weight excluding hydrogens is 402 g/mol. The van der Waals surface area contributed by atoms with Crippen molar-refractivity contribution in [1.29, 1.82) is 0 Å². The summed E-state index contributed by atoms with van der Waals surface area (Å²) in [5.41, 5.74) is 7.73. The van der Waals surface area contributed by atoms with Crippen molar-refractivity contribution in [2.45, 2.75) is 31.7 Å². The number of para-hydroxylation sites is 1. The zero-order valence-electron chi connectivity index (χ0n) is 17.8. The van der Waals surface area contributed by atoms with Crippen LogP contribution >= 0.6 is 11.8 Å². The molecule has 5 rings (SSSR count). The van der Waals surface area contributed by atoms with Gasteiger partial charge < -0.3 is 4.98 Å². The van der Waals surface area contributed by atoms with Gasteiger partial charge in [-0.05, 0) is 55.2 Å². The molecule has 0 aliphatic carbocycles. The molecule has 0 saturated heterocycles. The molecule has 5 aromatic rings. The van der Waals surface area contributed by atoms with E-state index in [4.69, 9.17) is 4.98 Å². The Balaban J connectivity index is 1.76. The van der Waals surface area contributed by atoms with Crippen LogP contribution in [-0.4, -0.2) is 14.5 Å². The molecule has 0 spiro atoms. The van der Waals surface area contributed by atoms with Crippen LogP contribution in [0.5, 0.6) is 0 Å². The molecule has 0 aliphatic rings. The first-order chi connectivity index (χ1) is 15.0. The molecule has 31 heavy (non-hydrogen) atoms. The minimum absolute atomic E-state index is 0.0674. The zero-order valence-corrected chi connectivity index (χ0v) is 18.6. The third-order valence-electron chi connectivity index (χ3n) is 5.93. The lowest BCUT2D eigenvalue weighted by Gasteiger charge is -2.16. The number of benzene rings is 3. The van der Waals surface area contributed by atoms with Crippen LogP contribution in [0.15, 0.2) is 76.7 Å². The van der Waals surface area contributed by atoms with Crippen molar-refractivity contribution in [3.63, 3.8) is 0 Å². The summed E-state index contributed by atoms with van der Waals surface area (Å²) < 4.78 is 1.77. The van der Waals surface area contributed by atoms with Gasteiger partial charge in [-0.3, -0.25) is 9.36 Å². The van der Waals surface area contributed by atoms with Crippen molar-refractivity contribution in [2.24, 2.45) is 0 Å². The molecule has 154 valence electrons. The van der Waals surface area contributed by atoms with Gasteiger partial charge in [0.15, 0.2) is 5.16 Å². The Morgan fingerprint density at radius 3 is 2.48 bits per heavy atom. The fraction of sp³-hybridized carbons (Fsp3) is 0.154. The summed E-state index contributed by atoms with van der Waals surface area (Å²) in [6.45, 7) is 6.24. The molecule has 4 nitrogen and oxygen atoms in total. The summed E-state index contributed by atoms with van der Waals surface area (Å²) in [6.07, 6.45) is 0. The number of thioether (sulfide) groups is 1. The topological polar surface area (TPSA) is 50.7 Å². The standard InChI is InChI=1S/C26H23N3OS/c1-16-10-8-14-22(18(16)3)29-25(30)24-23(20-12-6-7-13-21(20)27-24)28-26(29)31-15-19-11-5-4-9-17(19)2/h4-14,27H,15H2,1-3H3. The van der Waals surface area contributed by atoms with Crippen molar-refractivity contribution < 1.29 is 0 Å². The van der Waals surface area contributed by atoms with E-state index in [2.05, 4.69) is 50.0 Å². The Morgan fingerprint density at radius 1 is 0.903 bits per heavy atom. The molecule has 1 N–H and O–H groups in total. The summed E-state index contributed by atoms with van der Waals surface area (Å²) in [6, 6.07) is 22.4. The monoisotopic (exact) mass is 425 g/mol. The summed E-state index contributed by atoms with van der Waals surface area (Å²) in [7, 11) is 0. The Bertz CT molecular complexity index is 1500. The molecule has 2 heterocycles. The van der Waals surface area contributed by atoms with Crippen molar-refractivity contribution >= 4 is 33.7 Å². The minimum Gasteiger partial charge on any atom is -0.349 e. The Hall–Kier alpha value is -3.31. The van der Waals surface area contributed by atoms with Gasteiger partial charge in [-0.25, -0.2) is 4.98 Å². The van der Waals surface area contributed by atoms with E-state index in [0.29, 0.717) is 10.7 Å². The van der Waals surface area contributed by atoms with Crippen LogP contribution in [0, 0.1) is 20.8 Å². The van der Waals surface area contributed by atoms with Crippen molar-refractivity contribution in [3.05, 3.63) is 99.3 Å². The third kappa shape index (κ3) is 3.35. The molecular formula is C26H23N3OS. The predicted molar refractivity (Wildman–Crippen MR) is 129 cm³/mol. The van der Waals surface area contributed by atoms with Crippen LogP contribution in [0.2, 0.25) is 0 Å². The molecule has 0 bridgehead atoms. The molecule has 0 aliphatic heterocycles. The van der Waals surface area contributed by atoms with E-state index in [1.807, 2.05) is 42.5 Å². The summed E-state index contributed by atoms with van der Waals surface area (Å²) in [5, 5.41) is 1.68. The van der Waals surface area contributed by atoms with Crippen LogP contribution in [0.3, 0.4) is 0 Å². The highest BCUT2D eigenvalue weighted by atomic mass is 32.2. The van der Waals surface area contributed by atoms with Gasteiger partial charge in [-0.1, -0.05) is 66.4 Å². The van der Waals surface area contributed by atoms with E-state index in [9.17, 15) is 4.79 Å². The van der Waals surface area contributed by atoms with Gasteiger partial charge in [-0.2, -0.15) is 0 Å². The third-order valence-corrected chi connectivity index (χ3v) is 6.92. The van der Waals surface area contributed by atoms with E-state index in [1.165, 1.54) is 11.1 Å². The molecule has 0 atom stereocenters. The molecule has 5 heteroatoms. The number of fused-ring (bicyclic) bond motifs is 3. The largest absolute Gasteiger partial charge is 0.349 e. The zero-order chi connectivity index (χ0) is 21.5. The second kappa shape index (κ2) is 7.75. The molecule has 3 aromatic carbocycles. The van der Waals surface area contributed by atoms with Crippen LogP contribution in [0.1, 0.15) is 22.3 Å². The number of aromatic amines is 1. The SMILES string of the molecule is Cc1ccccc1CSc1nc2c([nH]c3ccccc32)c(=O)n1-c1cccc(C)c1C. The number of nitrogens with zero attached hydrogens (tertiary/aromatic N) is 2. The van der Waals surface area contributed by atoms with Crippen LogP contribution in [0.25, 0.3) is 27.6 Å². The first-order valence-electron chi connectivity index (χ1n) is 10.3. The quantitative estimate of drug-likeness (QED) is 0.280. The first-order valence-corrected chi connectivity index (χ1v) is 11.3. The fourth-order valence-electron chi connectivity index (χ4n) is 3.94. The fourth-order valence-corrected chi connectivity index (χ4v) is 5.02. The van der Waals surface area contributed by atoms with Crippen LogP contribution < -0.4 is 5.56 Å². The van der Waals surface area contributed by atoms with E-state index < -0.39 is 0 Å². The van der Waals surface area contributed by atoms with Crippen molar-refractivity contribution in [3.8, 4) is 5.69 Å². The summed E-state index contributed by atoms with van der Waals surface area (Å²) >= 11 is 1.60. The number of hydrogen-bond acceptors (Lipinski definition) is 3. The first kappa shape index (κ1) is 19.6. The smallest absolute Gasteiger partial charge is 0.283 e. The number of nitrogens with one attached hydrogen (secondary N) is 1. The van der Waals surface area contributed by atoms with Gasteiger partial charge in [0.25, 0.3) is 5.56 Å². The number of aromatic nitrogens is 3. The number of rotatable bonds is 4. The summed E-state index contributed by atoms with van der Waals surface area (Å²) in [4.78, 5) is 22.0. The Kier molecular flexibility index (Phi) is 4.91. The number of H-pyrrole nitrogens is 1. The van der Waals surface area contributed by atoms with E-state index in [-0.39, 0.29) is 5.56 Å². The van der Waals surface area contributed by atoms with E-state index >= 15 is 0 Å². The second-order valence-electron chi connectivity index (χ2n) is 7.86. The van der Waals surface area contributed by atoms with Gasteiger partial charge in [0.2, 0.25) is 0 Å². The molecule has 0 saturated carbocycles. The summed E-state index contributed by atoms with van der Waals surface area (Å²) in [5.74, 6) is 0.748. The van der Waals surface area contributed by atoms with Crippen molar-refractivity contribution in [1.82, 2.24) is 14.5 Å². The van der Waals surface area contributed by atoms with Gasteiger partial charge >= 0.3 is 0 Å². The van der Waals surface area contributed by atoms with Crippen molar-refractivity contribution in [2.75, 3.05) is 0 Å². The molecule has 0 fully saturated rings. The minimum atomic E-state index is -0.0674. The highest BCUT2D eigenvalue weighted by molar-refractivity contribution is 7.98. The predicted octanol–water partition coefficient (Wildman–Crippen LogP) is 6.08. The highest BCUT2D eigenvalue weighted by Crippen LogP contribution is 2.30. The maximum atomic E-state index is 13.7. The van der Waals surface area contributed by atoms with Gasteiger partial charge in [0.1, 0.15) is 11.0 Å².